The van der Waals surface area contributed by atoms with Gasteiger partial charge in [0.15, 0.2) is 6.61 Å². The van der Waals surface area contributed by atoms with Crippen LogP contribution in [0, 0.1) is 10.1 Å². The van der Waals surface area contributed by atoms with Crippen molar-refractivity contribution in [1.82, 2.24) is 5.48 Å². The molecule has 0 aliphatic rings. The topological polar surface area (TPSA) is 81.5 Å². The molecule has 0 bridgehead atoms. The molecule has 0 saturated heterocycles. The van der Waals surface area contributed by atoms with Crippen molar-refractivity contribution >= 4 is 23.4 Å². The second kappa shape index (κ2) is 6.57. The maximum atomic E-state index is 11.8. The number of alkyl halides is 3. The summed E-state index contributed by atoms with van der Waals surface area (Å²) >= 11 is 1.23. The Balaban J connectivity index is 2.87. The number of halogens is 3. The maximum absolute atomic E-state index is 11.8. The van der Waals surface area contributed by atoms with Crippen LogP contribution in [0.15, 0.2) is 23.1 Å². The van der Waals surface area contributed by atoms with E-state index in [1.807, 2.05) is 0 Å². The molecule has 10 heteroatoms. The Morgan fingerprint density at radius 2 is 2.15 bits per heavy atom. The van der Waals surface area contributed by atoms with Crippen LogP contribution < -0.4 is 5.48 Å². The molecule has 0 aliphatic carbocycles. The van der Waals surface area contributed by atoms with Gasteiger partial charge in [-0.15, -0.1) is 11.8 Å². The predicted molar refractivity (Wildman–Crippen MR) is 64.4 cm³/mol. The number of hydrogen-bond donors (Lipinski definition) is 1. The zero-order valence-corrected chi connectivity index (χ0v) is 10.9. The molecule has 1 rings (SSSR count). The summed E-state index contributed by atoms with van der Waals surface area (Å²) in [7, 11) is 0. The molecule has 0 unspecified atom stereocenters. The first kappa shape index (κ1) is 16.2. The van der Waals surface area contributed by atoms with Gasteiger partial charge in [0.25, 0.3) is 11.6 Å². The minimum atomic E-state index is -4.61. The number of hydroxylamine groups is 1. The van der Waals surface area contributed by atoms with Gasteiger partial charge in [-0.05, 0) is 18.4 Å². The molecule has 1 amide bonds. The second-order valence-electron chi connectivity index (χ2n) is 3.48. The molecule has 0 aromatic heterocycles. The van der Waals surface area contributed by atoms with E-state index in [0.717, 1.165) is 6.07 Å². The zero-order chi connectivity index (χ0) is 15.3. The minimum absolute atomic E-state index is 0.371. The standard InChI is InChI=1S/C10H9F3N2O4S/c1-20-6-2-3-8(15(17)18)7(4-6)9(16)14-19-5-10(11,12)13/h2-4H,5H2,1H3,(H,14,16). The molecule has 0 fully saturated rings. The normalized spacial score (nSPS) is 11.2. The van der Waals surface area contributed by atoms with Gasteiger partial charge in [0, 0.05) is 11.0 Å². The minimum Gasteiger partial charge on any atom is -0.267 e. The first-order valence-corrected chi connectivity index (χ1v) is 6.28. The van der Waals surface area contributed by atoms with Gasteiger partial charge in [0.1, 0.15) is 5.56 Å². The van der Waals surface area contributed by atoms with E-state index in [9.17, 15) is 28.1 Å². The molecule has 0 heterocycles. The van der Waals surface area contributed by atoms with E-state index in [1.165, 1.54) is 29.4 Å². The van der Waals surface area contributed by atoms with Crippen LogP contribution in [0.1, 0.15) is 10.4 Å². The molecule has 20 heavy (non-hydrogen) atoms. The predicted octanol–water partition coefficient (Wildman–Crippen LogP) is 2.54. The SMILES string of the molecule is CSc1ccc([N+](=O)[O-])c(C(=O)NOCC(F)(F)F)c1. The van der Waals surface area contributed by atoms with Gasteiger partial charge in [0.05, 0.1) is 4.92 Å². The summed E-state index contributed by atoms with van der Waals surface area (Å²) in [6.07, 6.45) is -2.93. The highest BCUT2D eigenvalue weighted by molar-refractivity contribution is 7.98. The number of nitro groups is 1. The van der Waals surface area contributed by atoms with Crippen molar-refractivity contribution in [2.75, 3.05) is 12.9 Å². The van der Waals surface area contributed by atoms with Crippen molar-refractivity contribution in [3.8, 4) is 0 Å². The third-order valence-corrected chi connectivity index (χ3v) is 2.77. The summed E-state index contributed by atoms with van der Waals surface area (Å²) in [5.74, 6) is -1.11. The van der Waals surface area contributed by atoms with E-state index in [4.69, 9.17) is 0 Å². The summed E-state index contributed by atoms with van der Waals surface area (Å²) in [6, 6.07) is 3.73. The van der Waals surface area contributed by atoms with Crippen LogP contribution in [0.5, 0.6) is 0 Å². The number of nitrogens with zero attached hydrogens (tertiary/aromatic N) is 1. The number of nitrogens with one attached hydrogen (secondary N) is 1. The van der Waals surface area contributed by atoms with Gasteiger partial charge in [-0.1, -0.05) is 0 Å². The van der Waals surface area contributed by atoms with Gasteiger partial charge in [0.2, 0.25) is 0 Å². The molecule has 0 atom stereocenters. The fourth-order valence-corrected chi connectivity index (χ4v) is 1.66. The van der Waals surface area contributed by atoms with E-state index >= 15 is 0 Å². The highest BCUT2D eigenvalue weighted by Gasteiger charge is 2.29. The van der Waals surface area contributed by atoms with Crippen molar-refractivity contribution in [2.45, 2.75) is 11.1 Å². The first-order valence-electron chi connectivity index (χ1n) is 5.06. The van der Waals surface area contributed by atoms with Gasteiger partial charge in [-0.25, -0.2) is 5.48 Å². The fraction of sp³-hybridized carbons (Fsp3) is 0.300. The lowest BCUT2D eigenvalue weighted by atomic mass is 10.2. The summed E-state index contributed by atoms with van der Waals surface area (Å²) in [5, 5.41) is 10.8. The van der Waals surface area contributed by atoms with E-state index < -0.39 is 29.3 Å². The smallest absolute Gasteiger partial charge is 0.267 e. The average molecular weight is 310 g/mol. The van der Waals surface area contributed by atoms with E-state index in [2.05, 4.69) is 4.84 Å². The maximum Gasteiger partial charge on any atom is 0.414 e. The molecule has 1 aromatic rings. The third-order valence-electron chi connectivity index (χ3n) is 2.05. The third kappa shape index (κ3) is 4.70. The van der Waals surface area contributed by atoms with Gasteiger partial charge in [-0.2, -0.15) is 13.2 Å². The average Bonchev–Trinajstić information content (AvgIpc) is 2.36. The second-order valence-corrected chi connectivity index (χ2v) is 4.35. The van der Waals surface area contributed by atoms with Gasteiger partial charge in [-0.3, -0.25) is 19.7 Å². The van der Waals surface area contributed by atoms with Crippen LogP contribution in [0.25, 0.3) is 0 Å². The van der Waals surface area contributed by atoms with Crippen molar-refractivity contribution in [1.29, 1.82) is 0 Å². The van der Waals surface area contributed by atoms with Crippen LogP contribution in [0.2, 0.25) is 0 Å². The fourth-order valence-electron chi connectivity index (χ4n) is 1.22. The highest BCUT2D eigenvalue weighted by atomic mass is 32.2. The Kier molecular flexibility index (Phi) is 5.34. The highest BCUT2D eigenvalue weighted by Crippen LogP contribution is 2.24. The Labute approximate surface area is 115 Å². The number of hydrogen-bond acceptors (Lipinski definition) is 5. The van der Waals surface area contributed by atoms with Crippen LogP contribution in [-0.2, 0) is 4.84 Å². The Bertz CT molecular complexity index is 522. The molecule has 0 radical (unpaired) electrons. The van der Waals surface area contributed by atoms with Crippen molar-refractivity contribution < 1.29 is 27.7 Å². The van der Waals surface area contributed by atoms with Gasteiger partial charge < -0.3 is 0 Å². The van der Waals surface area contributed by atoms with Crippen LogP contribution >= 0.6 is 11.8 Å². The number of carbonyl (C=O) groups is 1. The molecule has 0 spiro atoms. The molecule has 0 aliphatic heterocycles. The molecular formula is C10H9F3N2O4S. The molecule has 6 nitrogen and oxygen atoms in total. The van der Waals surface area contributed by atoms with Gasteiger partial charge >= 0.3 is 6.18 Å². The van der Waals surface area contributed by atoms with E-state index in [-0.39, 0.29) is 5.56 Å². The largest absolute Gasteiger partial charge is 0.414 e. The molecule has 1 aromatic carbocycles. The zero-order valence-electron chi connectivity index (χ0n) is 10.1. The lowest BCUT2D eigenvalue weighted by Crippen LogP contribution is -2.30. The molecular weight excluding hydrogens is 301 g/mol. The quantitative estimate of drug-likeness (QED) is 0.513. The first-order chi connectivity index (χ1) is 9.24. The van der Waals surface area contributed by atoms with Crippen LogP contribution in [0.4, 0.5) is 18.9 Å². The summed E-state index contributed by atoms with van der Waals surface area (Å²) < 4.78 is 35.5. The number of nitro benzene ring substituents is 1. The number of thioether (sulfide) groups is 1. The number of benzene rings is 1. The number of rotatable bonds is 5. The van der Waals surface area contributed by atoms with Crippen molar-refractivity contribution in [2.24, 2.45) is 0 Å². The lowest BCUT2D eigenvalue weighted by molar-refractivity contribution is -0.385. The van der Waals surface area contributed by atoms with Crippen LogP contribution in [0.3, 0.4) is 0 Å². The Morgan fingerprint density at radius 1 is 1.50 bits per heavy atom. The van der Waals surface area contributed by atoms with Crippen molar-refractivity contribution in [3.05, 3.63) is 33.9 Å². The Morgan fingerprint density at radius 3 is 2.65 bits per heavy atom. The summed E-state index contributed by atoms with van der Waals surface area (Å²) in [6.45, 7) is -1.69. The summed E-state index contributed by atoms with van der Waals surface area (Å²) in [5.41, 5.74) is 0.640. The van der Waals surface area contributed by atoms with E-state index in [0.29, 0.717) is 4.90 Å². The van der Waals surface area contributed by atoms with Crippen molar-refractivity contribution in [3.63, 3.8) is 0 Å². The lowest BCUT2D eigenvalue weighted by Gasteiger charge is -2.09. The Hall–Kier alpha value is -1.81. The van der Waals surface area contributed by atoms with Crippen LogP contribution in [-0.4, -0.2) is 29.9 Å². The molecule has 1 N–H and O–H groups in total. The number of amides is 1. The monoisotopic (exact) mass is 310 g/mol. The molecule has 110 valence electrons. The summed E-state index contributed by atoms with van der Waals surface area (Å²) in [4.78, 5) is 26.1. The number of carbonyl (C=O) groups excluding carboxylic acids is 1. The van der Waals surface area contributed by atoms with E-state index in [1.54, 1.807) is 6.26 Å². The molecule has 0 saturated carbocycles.